The second-order valence-corrected chi connectivity index (χ2v) is 10.6. The first-order valence-corrected chi connectivity index (χ1v) is 14.8. The average molecular weight is 593 g/mol. The molecule has 0 aromatic carbocycles. The van der Waals surface area contributed by atoms with Crippen LogP contribution in [0.3, 0.4) is 0 Å². The summed E-state index contributed by atoms with van der Waals surface area (Å²) >= 11 is 0. The molecule has 1 atom stereocenters. The fourth-order valence-corrected chi connectivity index (χ4v) is 5.05. The number of hydrogen-bond donors (Lipinski definition) is 1. The van der Waals surface area contributed by atoms with E-state index in [1.54, 1.807) is 24.8 Å². The number of carbonyl (C=O) groups is 2. The van der Waals surface area contributed by atoms with Gasteiger partial charge in [-0.15, -0.1) is 0 Å². The van der Waals surface area contributed by atoms with Crippen LogP contribution < -0.4 is 5.32 Å². The van der Waals surface area contributed by atoms with E-state index in [0.29, 0.717) is 26.2 Å². The van der Waals surface area contributed by atoms with Crippen LogP contribution in [-0.4, -0.2) is 74.4 Å². The minimum atomic E-state index is -1.06. The molecule has 44 heavy (non-hydrogen) atoms. The van der Waals surface area contributed by atoms with Gasteiger partial charge in [-0.05, 0) is 67.9 Å². The highest BCUT2D eigenvalue weighted by Crippen LogP contribution is 2.14. The van der Waals surface area contributed by atoms with Crippen LogP contribution in [0.2, 0.25) is 0 Å². The molecule has 0 spiro atoms. The average Bonchev–Trinajstić information content (AvgIpc) is 3.58. The molecule has 1 N–H and O–H groups in total. The smallest absolute Gasteiger partial charge is 0.497 e. The summed E-state index contributed by atoms with van der Waals surface area (Å²) in [5, 5.41) is 3.31. The van der Waals surface area contributed by atoms with Gasteiger partial charge in [-0.1, -0.05) is 24.3 Å². The van der Waals surface area contributed by atoms with E-state index < -0.39 is 19.1 Å². The lowest BCUT2D eigenvalue weighted by molar-refractivity contribution is -0.142. The van der Waals surface area contributed by atoms with Crippen LogP contribution in [0.25, 0.3) is 0 Å². The number of pyridine rings is 4. The summed E-state index contributed by atoms with van der Waals surface area (Å²) in [7, 11) is -1.06. The molecule has 1 saturated heterocycles. The van der Waals surface area contributed by atoms with Gasteiger partial charge in [0.1, 0.15) is 0 Å². The number of nitrogens with zero attached hydrogens (tertiary/aromatic N) is 6. The number of hydrogen-bond acceptors (Lipinski definition) is 11. The quantitative estimate of drug-likeness (QED) is 0.205. The Labute approximate surface area is 257 Å². The molecule has 1 fully saturated rings. The number of aromatic nitrogens is 4. The van der Waals surface area contributed by atoms with Gasteiger partial charge in [-0.2, -0.15) is 0 Å². The minimum absolute atomic E-state index is 0.0284. The van der Waals surface area contributed by atoms with Crippen molar-refractivity contribution in [3.8, 4) is 0 Å². The SMILES string of the molecule is O=C(CN(Cc1ccccn1)Cc1ccccn1)OB(OC(=O)CN(Cc1ccccn1)Cc1ccccn1)C1CCCN1. The maximum atomic E-state index is 13.3. The summed E-state index contributed by atoms with van der Waals surface area (Å²) < 4.78 is 11.7. The van der Waals surface area contributed by atoms with Crippen LogP contribution in [0.4, 0.5) is 0 Å². The number of rotatable bonds is 15. The molecule has 226 valence electrons. The molecule has 5 rings (SSSR count). The fraction of sp³-hybridized carbons (Fsp3) is 0.312. The largest absolute Gasteiger partial charge is 0.616 e. The highest BCUT2D eigenvalue weighted by atomic mass is 16.6. The molecule has 4 aromatic rings. The van der Waals surface area contributed by atoms with Crippen molar-refractivity contribution in [2.24, 2.45) is 0 Å². The molecule has 11 nitrogen and oxygen atoms in total. The van der Waals surface area contributed by atoms with E-state index >= 15 is 0 Å². The second kappa shape index (κ2) is 16.4. The molecular weight excluding hydrogens is 557 g/mol. The molecule has 0 bridgehead atoms. The Morgan fingerprint density at radius 2 is 1.05 bits per heavy atom. The third kappa shape index (κ3) is 10.0. The molecule has 0 radical (unpaired) electrons. The van der Waals surface area contributed by atoms with E-state index in [1.165, 1.54) is 0 Å². The topological polar surface area (TPSA) is 123 Å². The minimum Gasteiger partial charge on any atom is -0.497 e. The van der Waals surface area contributed by atoms with Gasteiger partial charge in [0, 0.05) is 51.0 Å². The first kappa shape index (κ1) is 30.9. The van der Waals surface area contributed by atoms with Crippen LogP contribution in [0.15, 0.2) is 97.6 Å². The van der Waals surface area contributed by atoms with Gasteiger partial charge in [0.05, 0.1) is 41.8 Å². The summed E-state index contributed by atoms with van der Waals surface area (Å²) in [5.41, 5.74) is 3.27. The lowest BCUT2D eigenvalue weighted by Crippen LogP contribution is -2.48. The maximum absolute atomic E-state index is 13.3. The monoisotopic (exact) mass is 593 g/mol. The van der Waals surface area contributed by atoms with Gasteiger partial charge in [-0.3, -0.25) is 39.3 Å². The molecule has 0 saturated carbocycles. The summed E-state index contributed by atoms with van der Waals surface area (Å²) in [4.78, 5) is 48.1. The maximum Gasteiger partial charge on any atom is 0.616 e. The Morgan fingerprint density at radius 3 is 1.34 bits per heavy atom. The Balaban J connectivity index is 1.24. The van der Waals surface area contributed by atoms with E-state index in [4.69, 9.17) is 9.31 Å². The number of carbonyl (C=O) groups excluding carboxylic acids is 2. The summed E-state index contributed by atoms with van der Waals surface area (Å²) in [6.07, 6.45) is 8.50. The third-order valence-electron chi connectivity index (χ3n) is 7.07. The molecule has 0 aliphatic carbocycles. The Bertz CT molecular complexity index is 1250. The van der Waals surface area contributed by atoms with Crippen LogP contribution in [0, 0.1) is 0 Å². The van der Waals surface area contributed by atoms with E-state index in [1.807, 2.05) is 82.6 Å². The molecule has 0 amide bonds. The van der Waals surface area contributed by atoms with Crippen LogP contribution >= 0.6 is 0 Å². The predicted molar refractivity (Wildman–Crippen MR) is 164 cm³/mol. The van der Waals surface area contributed by atoms with E-state index in [0.717, 1.165) is 42.2 Å². The van der Waals surface area contributed by atoms with E-state index in [-0.39, 0.29) is 19.0 Å². The third-order valence-corrected chi connectivity index (χ3v) is 7.07. The molecular formula is C32H36BN7O4. The van der Waals surface area contributed by atoms with Crippen molar-refractivity contribution in [3.63, 3.8) is 0 Å². The Morgan fingerprint density at radius 1 is 0.659 bits per heavy atom. The summed E-state index contributed by atoms with van der Waals surface area (Å²) in [6.45, 7) is 2.40. The van der Waals surface area contributed by atoms with Crippen molar-refractivity contribution in [1.29, 1.82) is 0 Å². The standard InChI is InChI=1S/C32H36BN7O4/c41-31(24-39(20-26-10-1-5-15-34-26)21-27-11-2-6-16-35-27)43-33(30-14-9-19-38-30)44-32(42)25-40(22-28-12-3-7-17-36-28)23-29-13-4-8-18-37-29/h1-8,10-13,15-18,30,38H,9,14,19-25H2. The normalized spacial score (nSPS) is 14.5. The predicted octanol–water partition coefficient (Wildman–Crippen LogP) is 2.84. The van der Waals surface area contributed by atoms with Gasteiger partial charge in [0.25, 0.3) is 0 Å². The van der Waals surface area contributed by atoms with E-state index in [9.17, 15) is 9.59 Å². The first-order valence-electron chi connectivity index (χ1n) is 14.8. The van der Waals surface area contributed by atoms with Crippen LogP contribution in [-0.2, 0) is 45.1 Å². The molecule has 12 heteroatoms. The van der Waals surface area contributed by atoms with Crippen molar-refractivity contribution in [2.75, 3.05) is 19.6 Å². The summed E-state index contributed by atoms with van der Waals surface area (Å²) in [5.74, 6) is -1.28. The van der Waals surface area contributed by atoms with Crippen molar-refractivity contribution < 1.29 is 18.9 Å². The van der Waals surface area contributed by atoms with Crippen molar-refractivity contribution in [3.05, 3.63) is 120 Å². The second-order valence-electron chi connectivity index (χ2n) is 10.6. The van der Waals surface area contributed by atoms with Crippen molar-refractivity contribution in [2.45, 2.75) is 45.0 Å². The molecule has 1 unspecified atom stereocenters. The Hall–Kier alpha value is -4.52. The highest BCUT2D eigenvalue weighted by molar-refractivity contribution is 6.51. The molecule has 1 aliphatic heterocycles. The van der Waals surface area contributed by atoms with Gasteiger partial charge < -0.3 is 14.6 Å². The van der Waals surface area contributed by atoms with Crippen LogP contribution in [0.1, 0.15) is 35.6 Å². The molecule has 5 heterocycles. The lowest BCUT2D eigenvalue weighted by atomic mass is 9.77. The highest BCUT2D eigenvalue weighted by Gasteiger charge is 2.40. The van der Waals surface area contributed by atoms with Gasteiger partial charge >= 0.3 is 19.1 Å². The molecule has 4 aromatic heterocycles. The fourth-order valence-electron chi connectivity index (χ4n) is 5.05. The zero-order chi connectivity index (χ0) is 30.4. The Kier molecular flexibility index (Phi) is 11.5. The number of nitrogens with one attached hydrogen (secondary N) is 1. The van der Waals surface area contributed by atoms with E-state index in [2.05, 4.69) is 25.3 Å². The first-order chi connectivity index (χ1) is 21.6. The van der Waals surface area contributed by atoms with Crippen molar-refractivity contribution >= 4 is 19.1 Å². The summed E-state index contributed by atoms with van der Waals surface area (Å²) in [6, 6.07) is 22.7. The van der Waals surface area contributed by atoms with Gasteiger partial charge in [-0.25, -0.2) is 0 Å². The van der Waals surface area contributed by atoms with Crippen LogP contribution in [0.5, 0.6) is 0 Å². The zero-order valence-electron chi connectivity index (χ0n) is 24.6. The molecule has 1 aliphatic rings. The van der Waals surface area contributed by atoms with Crippen molar-refractivity contribution in [1.82, 2.24) is 35.1 Å². The van der Waals surface area contributed by atoms with Gasteiger partial charge in [0.15, 0.2) is 0 Å². The van der Waals surface area contributed by atoms with Gasteiger partial charge in [0.2, 0.25) is 0 Å². The lowest BCUT2D eigenvalue weighted by Gasteiger charge is -2.25. The zero-order valence-corrected chi connectivity index (χ0v) is 24.6.